The third kappa shape index (κ3) is 7.56. The van der Waals surface area contributed by atoms with Crippen molar-refractivity contribution in [3.8, 4) is 5.75 Å². The molecule has 0 spiro atoms. The van der Waals surface area contributed by atoms with Crippen molar-refractivity contribution in [2.75, 3.05) is 36.9 Å². The molecule has 210 valence electrons. The van der Waals surface area contributed by atoms with Crippen LogP contribution in [-0.4, -0.2) is 57.8 Å². The topological polar surface area (TPSA) is 92.3 Å². The zero-order valence-corrected chi connectivity index (χ0v) is 21.4. The molecule has 2 N–H and O–H groups in total. The fraction of sp³-hybridized carbons (Fsp3) is 0.417. The van der Waals surface area contributed by atoms with E-state index < -0.39 is 30.0 Å². The van der Waals surface area contributed by atoms with E-state index in [1.54, 1.807) is 11.8 Å². The number of nitrogens with one attached hydrogen (secondary N) is 2. The molecule has 1 aliphatic rings. The molecule has 2 aromatic heterocycles. The van der Waals surface area contributed by atoms with Gasteiger partial charge >= 0.3 is 6.18 Å². The lowest BCUT2D eigenvalue weighted by molar-refractivity contribution is -0.141. The second kappa shape index (κ2) is 12.2. The number of nitrogens with zero attached hydrogens (tertiary/aromatic N) is 4. The number of piperidine rings is 1. The SMILES string of the molecule is Cc1nsc(Nc2cnc(C(F)(F)F)cn2)c1C(=O)Nc1ccc(F)c(OC[C@@H]2CCCN(CC(F)F)C2)c1. The van der Waals surface area contributed by atoms with Crippen LogP contribution in [0.15, 0.2) is 30.6 Å². The monoisotopic (exact) mass is 574 g/mol. The van der Waals surface area contributed by atoms with E-state index in [4.69, 9.17) is 4.74 Å². The van der Waals surface area contributed by atoms with E-state index in [0.29, 0.717) is 25.0 Å². The van der Waals surface area contributed by atoms with Crippen LogP contribution in [0.25, 0.3) is 0 Å². The van der Waals surface area contributed by atoms with E-state index in [0.717, 1.165) is 36.6 Å². The van der Waals surface area contributed by atoms with Gasteiger partial charge in [0, 0.05) is 24.2 Å². The normalized spacial score (nSPS) is 16.4. The summed E-state index contributed by atoms with van der Waals surface area (Å²) >= 11 is 0.905. The second-order valence-electron chi connectivity index (χ2n) is 8.95. The van der Waals surface area contributed by atoms with E-state index in [2.05, 4.69) is 25.0 Å². The minimum Gasteiger partial charge on any atom is -0.490 e. The number of alkyl halides is 5. The molecule has 1 aromatic carbocycles. The zero-order chi connectivity index (χ0) is 28.2. The van der Waals surface area contributed by atoms with Gasteiger partial charge in [-0.25, -0.2) is 23.1 Å². The lowest BCUT2D eigenvalue weighted by Crippen LogP contribution is -2.40. The predicted molar refractivity (Wildman–Crippen MR) is 132 cm³/mol. The Hall–Kier alpha value is -3.46. The van der Waals surface area contributed by atoms with Gasteiger partial charge in [0.1, 0.15) is 10.8 Å². The minimum atomic E-state index is -4.64. The van der Waals surface area contributed by atoms with Gasteiger partial charge in [0.2, 0.25) is 0 Å². The van der Waals surface area contributed by atoms with Crippen molar-refractivity contribution < 1.29 is 35.9 Å². The maximum atomic E-state index is 14.4. The summed E-state index contributed by atoms with van der Waals surface area (Å²) in [6.07, 6.45) is -4.10. The van der Waals surface area contributed by atoms with Crippen LogP contribution in [0.1, 0.15) is 34.6 Å². The number of halogens is 6. The molecule has 39 heavy (non-hydrogen) atoms. The highest BCUT2D eigenvalue weighted by molar-refractivity contribution is 7.10. The zero-order valence-electron chi connectivity index (χ0n) is 20.6. The van der Waals surface area contributed by atoms with E-state index in [-0.39, 0.29) is 46.9 Å². The maximum absolute atomic E-state index is 14.4. The number of aryl methyl sites for hydroxylation is 1. The molecule has 0 bridgehead atoms. The number of anilines is 3. The van der Waals surface area contributed by atoms with Gasteiger partial charge in [0.25, 0.3) is 12.3 Å². The standard InChI is InChI=1S/C24H24F6N6O2S/c1-13-21(23(39-35-13)34-20-9-31-18(8-32-20)24(28,29)30)22(37)33-15-4-5-16(25)17(7-15)38-12-14-3-2-6-36(10-14)11-19(26)27/h4-5,7-9,14,19H,2-3,6,10-12H2,1H3,(H,32,34)(H,33,37)/t14-/m1/s1. The second-order valence-corrected chi connectivity index (χ2v) is 9.72. The number of benzene rings is 1. The lowest BCUT2D eigenvalue weighted by atomic mass is 9.99. The van der Waals surface area contributed by atoms with Crippen LogP contribution < -0.4 is 15.4 Å². The van der Waals surface area contributed by atoms with E-state index in [1.807, 2.05) is 0 Å². The molecule has 8 nitrogen and oxygen atoms in total. The largest absolute Gasteiger partial charge is 0.490 e. The molecule has 0 aliphatic carbocycles. The van der Waals surface area contributed by atoms with Crippen LogP contribution in [0.3, 0.4) is 0 Å². The van der Waals surface area contributed by atoms with Gasteiger partial charge in [-0.05, 0) is 50.0 Å². The van der Waals surface area contributed by atoms with Crippen LogP contribution in [-0.2, 0) is 6.18 Å². The molecule has 1 fully saturated rings. The Morgan fingerprint density at radius 1 is 1.26 bits per heavy atom. The first-order chi connectivity index (χ1) is 18.5. The Kier molecular flexibility index (Phi) is 8.90. The Labute approximate surface area is 223 Å². The summed E-state index contributed by atoms with van der Waals surface area (Å²) in [4.78, 5) is 21.7. The van der Waals surface area contributed by atoms with E-state index >= 15 is 0 Å². The summed E-state index contributed by atoms with van der Waals surface area (Å²) in [6, 6.07) is 3.79. The van der Waals surface area contributed by atoms with Crippen LogP contribution in [0, 0.1) is 18.7 Å². The van der Waals surface area contributed by atoms with Crippen molar-refractivity contribution in [3.63, 3.8) is 0 Å². The molecule has 1 saturated heterocycles. The molecule has 15 heteroatoms. The molecule has 0 radical (unpaired) electrons. The molecule has 0 unspecified atom stereocenters. The smallest absolute Gasteiger partial charge is 0.434 e. The Bertz CT molecular complexity index is 1290. The number of hydrogen-bond acceptors (Lipinski definition) is 8. The minimum absolute atomic E-state index is 0.0204. The molecule has 4 rings (SSSR count). The first kappa shape index (κ1) is 28.5. The average Bonchev–Trinajstić information content (AvgIpc) is 3.23. The van der Waals surface area contributed by atoms with Crippen molar-refractivity contribution in [1.82, 2.24) is 19.2 Å². The Morgan fingerprint density at radius 3 is 2.74 bits per heavy atom. The average molecular weight is 575 g/mol. The molecule has 3 aromatic rings. The summed E-state index contributed by atoms with van der Waals surface area (Å²) in [5.41, 5.74) is -0.459. The summed E-state index contributed by atoms with van der Waals surface area (Å²) in [7, 11) is 0. The van der Waals surface area contributed by atoms with Crippen LogP contribution in [0.5, 0.6) is 5.75 Å². The van der Waals surface area contributed by atoms with Crippen molar-refractivity contribution in [2.45, 2.75) is 32.4 Å². The summed E-state index contributed by atoms with van der Waals surface area (Å²) in [5, 5.41) is 5.61. The summed E-state index contributed by atoms with van der Waals surface area (Å²) in [6.45, 7) is 2.40. The number of ether oxygens (including phenoxy) is 1. The number of carbonyl (C=O) groups excluding carboxylic acids is 1. The Morgan fingerprint density at radius 2 is 2.05 bits per heavy atom. The van der Waals surface area contributed by atoms with Gasteiger partial charge in [-0.15, -0.1) is 0 Å². The number of aromatic nitrogens is 3. The number of hydrogen-bond donors (Lipinski definition) is 2. The number of likely N-dealkylation sites (tertiary alicyclic amines) is 1. The molecule has 1 amide bonds. The summed E-state index contributed by atoms with van der Waals surface area (Å²) < 4.78 is 87.8. The predicted octanol–water partition coefficient (Wildman–Crippen LogP) is 5.75. The number of amides is 1. The first-order valence-corrected chi connectivity index (χ1v) is 12.6. The quantitative estimate of drug-likeness (QED) is 0.315. The highest BCUT2D eigenvalue weighted by Crippen LogP contribution is 2.31. The summed E-state index contributed by atoms with van der Waals surface area (Å²) in [5.74, 6) is -1.41. The molecular weight excluding hydrogens is 550 g/mol. The van der Waals surface area contributed by atoms with Crippen LogP contribution in [0.2, 0.25) is 0 Å². The third-order valence-corrected chi connectivity index (χ3v) is 6.79. The first-order valence-electron chi connectivity index (χ1n) is 11.9. The fourth-order valence-corrected chi connectivity index (χ4v) is 4.92. The molecule has 1 atom stereocenters. The highest BCUT2D eigenvalue weighted by Gasteiger charge is 2.33. The third-order valence-electron chi connectivity index (χ3n) is 5.94. The maximum Gasteiger partial charge on any atom is 0.434 e. The molecule has 3 heterocycles. The highest BCUT2D eigenvalue weighted by atomic mass is 32.1. The van der Waals surface area contributed by atoms with Gasteiger partial charge in [0.15, 0.2) is 17.3 Å². The van der Waals surface area contributed by atoms with Crippen molar-refractivity contribution in [2.24, 2.45) is 5.92 Å². The van der Waals surface area contributed by atoms with Crippen LogP contribution in [0.4, 0.5) is 42.8 Å². The number of carbonyl (C=O) groups is 1. The van der Waals surface area contributed by atoms with E-state index in [1.165, 1.54) is 12.1 Å². The molecule has 0 saturated carbocycles. The van der Waals surface area contributed by atoms with Gasteiger partial charge in [-0.2, -0.15) is 17.5 Å². The van der Waals surface area contributed by atoms with E-state index in [9.17, 15) is 31.1 Å². The lowest BCUT2D eigenvalue weighted by Gasteiger charge is -2.32. The van der Waals surface area contributed by atoms with Gasteiger partial charge in [-0.1, -0.05) is 0 Å². The van der Waals surface area contributed by atoms with Crippen molar-refractivity contribution in [1.29, 1.82) is 0 Å². The van der Waals surface area contributed by atoms with Gasteiger partial charge in [-0.3, -0.25) is 9.69 Å². The molecule has 1 aliphatic heterocycles. The Balaban J connectivity index is 1.41. The number of rotatable bonds is 9. The van der Waals surface area contributed by atoms with Crippen molar-refractivity contribution >= 4 is 33.9 Å². The van der Waals surface area contributed by atoms with Gasteiger partial charge < -0.3 is 15.4 Å². The van der Waals surface area contributed by atoms with Crippen molar-refractivity contribution in [3.05, 3.63) is 53.4 Å². The fourth-order valence-electron chi connectivity index (χ4n) is 4.12. The van der Waals surface area contributed by atoms with Gasteiger partial charge in [0.05, 0.1) is 36.8 Å². The molecular formula is C24H24F6N6O2S. The van der Waals surface area contributed by atoms with Crippen LogP contribution >= 0.6 is 11.5 Å².